The summed E-state index contributed by atoms with van der Waals surface area (Å²) in [5.41, 5.74) is 10.2. The number of benzene rings is 4. The molecule has 3 N–H and O–H groups in total. The lowest BCUT2D eigenvalue weighted by atomic mass is 9.89. The molecule has 1 amide bonds. The summed E-state index contributed by atoms with van der Waals surface area (Å²) >= 11 is 6.87. The van der Waals surface area contributed by atoms with Crippen molar-refractivity contribution in [1.29, 1.82) is 5.26 Å². The summed E-state index contributed by atoms with van der Waals surface area (Å²) in [5.74, 6) is 0.819. The van der Waals surface area contributed by atoms with Crippen LogP contribution in [0.25, 0.3) is 22.3 Å². The minimum Gasteiger partial charge on any atom is -0.488 e. The third-order valence-electron chi connectivity index (χ3n) is 9.57. The zero-order valence-corrected chi connectivity index (χ0v) is 36.0. The second-order valence-electron chi connectivity index (χ2n) is 15.2. The van der Waals surface area contributed by atoms with Crippen LogP contribution in [0.2, 0.25) is 5.02 Å². The number of hydrogen-bond acceptors (Lipinski definition) is 9. The van der Waals surface area contributed by atoms with Gasteiger partial charge in [-0.15, -0.1) is 0 Å². The number of aromatic nitrogens is 1. The standard InChI is InChI=1S/C47H53ClN4O5.CH2O2/c1-7-8-19-50-26-34-15-17-37(18-16-34)40-12-10-14-42(33(40)3)41-13-9-11-38(32(41)2)31-56-45-24-44(55-30-36-22-35(25-49)27-51-28-36)39(23-43(45)48)29-52(20-21-53)46(54)57-47(4,5)6;2-1-3/h9-18,22-24,27-28,50,53H,7-8,19-21,26,29-31H2,1-6H3;1H,(H,2,3). The number of aliphatic hydroxyl groups is 1. The Hall–Kier alpha value is -5.93. The molecule has 0 saturated carbocycles. The lowest BCUT2D eigenvalue weighted by Gasteiger charge is -2.28. The fraction of sp³-hybridized carbons (Fsp3) is 0.333. The number of nitrogens with one attached hydrogen (secondary N) is 1. The van der Waals surface area contributed by atoms with Gasteiger partial charge in [0, 0.05) is 42.7 Å². The molecule has 12 heteroatoms. The number of carbonyl (C=O) groups excluding carboxylic acids is 1. The van der Waals surface area contributed by atoms with Crippen LogP contribution >= 0.6 is 11.6 Å². The van der Waals surface area contributed by atoms with Crippen LogP contribution in [0.4, 0.5) is 4.79 Å². The van der Waals surface area contributed by atoms with Gasteiger partial charge in [0.1, 0.15) is 36.4 Å². The maximum Gasteiger partial charge on any atom is 0.410 e. The third-order valence-corrected chi connectivity index (χ3v) is 9.87. The second kappa shape index (κ2) is 23.0. The molecule has 0 bridgehead atoms. The molecule has 5 rings (SSSR count). The van der Waals surface area contributed by atoms with Gasteiger partial charge in [0.25, 0.3) is 6.47 Å². The Morgan fingerprint density at radius 3 is 2.23 bits per heavy atom. The number of carboxylic acid groups (broad SMARTS) is 1. The van der Waals surface area contributed by atoms with E-state index in [1.165, 1.54) is 46.2 Å². The first kappa shape index (κ1) is 46.8. The van der Waals surface area contributed by atoms with Crippen molar-refractivity contribution in [1.82, 2.24) is 15.2 Å². The van der Waals surface area contributed by atoms with E-state index in [1.807, 2.05) is 12.1 Å². The fourth-order valence-corrected chi connectivity index (χ4v) is 6.73. The molecule has 0 spiro atoms. The molecule has 5 aromatic rings. The van der Waals surface area contributed by atoms with Crippen molar-refractivity contribution in [3.63, 3.8) is 0 Å². The number of unbranched alkanes of at least 4 members (excludes halogenated alkanes) is 1. The summed E-state index contributed by atoms with van der Waals surface area (Å²) in [4.78, 5) is 27.0. The summed E-state index contributed by atoms with van der Waals surface area (Å²) in [5, 5.41) is 29.9. The van der Waals surface area contributed by atoms with Crippen LogP contribution in [0.5, 0.6) is 11.5 Å². The van der Waals surface area contributed by atoms with Crippen molar-refractivity contribution in [2.75, 3.05) is 19.7 Å². The van der Waals surface area contributed by atoms with Crippen molar-refractivity contribution in [2.24, 2.45) is 0 Å². The first-order valence-electron chi connectivity index (χ1n) is 19.9. The summed E-state index contributed by atoms with van der Waals surface area (Å²) < 4.78 is 18.3. The summed E-state index contributed by atoms with van der Waals surface area (Å²) in [6.07, 6.45) is 4.90. The van der Waals surface area contributed by atoms with Crippen molar-refractivity contribution < 1.29 is 34.0 Å². The fourth-order valence-electron chi connectivity index (χ4n) is 6.48. The van der Waals surface area contributed by atoms with Gasteiger partial charge in [0.05, 0.1) is 23.7 Å². The number of carbonyl (C=O) groups is 2. The highest BCUT2D eigenvalue weighted by Gasteiger charge is 2.24. The van der Waals surface area contributed by atoms with Crippen LogP contribution in [0.1, 0.15) is 79.5 Å². The number of hydrogen-bond donors (Lipinski definition) is 3. The van der Waals surface area contributed by atoms with E-state index in [0.717, 1.165) is 35.3 Å². The van der Waals surface area contributed by atoms with E-state index in [4.69, 9.17) is 35.7 Å². The quantitative estimate of drug-likeness (QED) is 0.0609. The monoisotopic (exact) mass is 834 g/mol. The van der Waals surface area contributed by atoms with E-state index < -0.39 is 11.7 Å². The van der Waals surface area contributed by atoms with E-state index in [0.29, 0.717) is 33.2 Å². The minimum absolute atomic E-state index is 0.0412. The highest BCUT2D eigenvalue weighted by Crippen LogP contribution is 2.37. The molecule has 0 aliphatic carbocycles. The number of ether oxygens (including phenoxy) is 3. The largest absolute Gasteiger partial charge is 0.488 e. The van der Waals surface area contributed by atoms with E-state index in [-0.39, 0.29) is 39.4 Å². The van der Waals surface area contributed by atoms with Gasteiger partial charge in [0.2, 0.25) is 0 Å². The highest BCUT2D eigenvalue weighted by molar-refractivity contribution is 6.32. The molecule has 1 heterocycles. The third kappa shape index (κ3) is 13.6. The molecular weight excluding hydrogens is 780 g/mol. The summed E-state index contributed by atoms with van der Waals surface area (Å²) in [6, 6.07) is 28.7. The minimum atomic E-state index is -0.730. The number of pyridine rings is 1. The topological polar surface area (TPSA) is 154 Å². The van der Waals surface area contributed by atoms with Crippen molar-refractivity contribution in [3.8, 4) is 39.8 Å². The lowest BCUT2D eigenvalue weighted by Crippen LogP contribution is -2.38. The average Bonchev–Trinajstić information content (AvgIpc) is 3.22. The summed E-state index contributed by atoms with van der Waals surface area (Å²) in [7, 11) is 0. The predicted molar refractivity (Wildman–Crippen MR) is 235 cm³/mol. The Balaban J connectivity index is 0.00000257. The molecular formula is C48H55ClN4O7. The predicted octanol–water partition coefficient (Wildman–Crippen LogP) is 10.0. The van der Waals surface area contributed by atoms with Crippen LogP contribution in [0.15, 0.2) is 91.3 Å². The van der Waals surface area contributed by atoms with Crippen LogP contribution in [0, 0.1) is 25.2 Å². The smallest absolute Gasteiger partial charge is 0.410 e. The lowest BCUT2D eigenvalue weighted by molar-refractivity contribution is -0.122. The molecule has 4 aromatic carbocycles. The van der Waals surface area contributed by atoms with Gasteiger partial charge in [-0.2, -0.15) is 5.26 Å². The summed E-state index contributed by atoms with van der Waals surface area (Å²) in [6.45, 7) is 13.7. The molecule has 316 valence electrons. The van der Waals surface area contributed by atoms with Crippen LogP contribution < -0.4 is 14.8 Å². The first-order chi connectivity index (χ1) is 28.8. The molecule has 1 aromatic heterocycles. The number of aliphatic hydroxyl groups excluding tert-OH is 1. The molecule has 0 fully saturated rings. The molecule has 0 saturated heterocycles. The van der Waals surface area contributed by atoms with Gasteiger partial charge in [-0.1, -0.05) is 85.6 Å². The van der Waals surface area contributed by atoms with Gasteiger partial charge in [-0.25, -0.2) is 4.79 Å². The Bertz CT molecular complexity index is 2230. The molecule has 0 unspecified atom stereocenters. The molecule has 0 aliphatic heterocycles. The van der Waals surface area contributed by atoms with E-state index in [1.54, 1.807) is 45.2 Å². The van der Waals surface area contributed by atoms with Crippen LogP contribution in [-0.2, 0) is 35.8 Å². The highest BCUT2D eigenvalue weighted by atomic mass is 35.5. The SMILES string of the molecule is CCCCNCc1ccc(-c2cccc(-c3cccc(COc4cc(OCc5cncc(C#N)c5)c(CN(CCO)C(=O)OC(C)(C)C)cc4Cl)c3C)c2C)cc1.O=CO. The maximum atomic E-state index is 13.1. The average molecular weight is 835 g/mol. The molecule has 0 atom stereocenters. The number of nitriles is 1. The van der Waals surface area contributed by atoms with Crippen molar-refractivity contribution >= 4 is 24.2 Å². The number of amides is 1. The number of halogens is 1. The zero-order valence-electron chi connectivity index (χ0n) is 35.3. The van der Waals surface area contributed by atoms with Gasteiger partial charge in [0.15, 0.2) is 0 Å². The van der Waals surface area contributed by atoms with Crippen LogP contribution in [-0.4, -0.2) is 58.0 Å². The Labute approximate surface area is 358 Å². The molecule has 60 heavy (non-hydrogen) atoms. The van der Waals surface area contributed by atoms with E-state index >= 15 is 0 Å². The molecule has 0 aliphatic rings. The van der Waals surface area contributed by atoms with Gasteiger partial charge < -0.3 is 34.6 Å². The van der Waals surface area contributed by atoms with E-state index in [2.05, 4.69) is 85.7 Å². The van der Waals surface area contributed by atoms with Gasteiger partial charge in [-0.3, -0.25) is 9.78 Å². The molecule has 0 radical (unpaired) electrons. The Morgan fingerprint density at radius 1 is 0.900 bits per heavy atom. The Kier molecular flexibility index (Phi) is 17.9. The Morgan fingerprint density at radius 2 is 1.57 bits per heavy atom. The van der Waals surface area contributed by atoms with Crippen molar-refractivity contribution in [3.05, 3.63) is 135 Å². The van der Waals surface area contributed by atoms with E-state index in [9.17, 15) is 15.2 Å². The number of nitrogens with zero attached hydrogens (tertiary/aromatic N) is 3. The molecule has 11 nitrogen and oxygen atoms in total. The van der Waals surface area contributed by atoms with Gasteiger partial charge in [-0.05, 0) is 104 Å². The van der Waals surface area contributed by atoms with Crippen molar-refractivity contribution in [2.45, 2.75) is 86.3 Å². The van der Waals surface area contributed by atoms with Crippen LogP contribution in [0.3, 0.4) is 0 Å². The first-order valence-corrected chi connectivity index (χ1v) is 20.3. The maximum absolute atomic E-state index is 13.1. The second-order valence-corrected chi connectivity index (χ2v) is 15.6. The number of rotatable bonds is 17. The van der Waals surface area contributed by atoms with Gasteiger partial charge >= 0.3 is 6.09 Å². The zero-order chi connectivity index (χ0) is 43.7. The normalized spacial score (nSPS) is 10.8.